The van der Waals surface area contributed by atoms with E-state index in [4.69, 9.17) is 9.47 Å². The van der Waals surface area contributed by atoms with E-state index in [-0.39, 0.29) is 11.7 Å². The van der Waals surface area contributed by atoms with Gasteiger partial charge in [-0.3, -0.25) is 19.8 Å². The molecule has 0 bridgehead atoms. The molecule has 11 heteroatoms. The number of pyridine rings is 2. The molecule has 204 valence electrons. The lowest BCUT2D eigenvalue weighted by atomic mass is 9.84. The molecule has 2 aromatic heterocycles. The molecule has 0 saturated carbocycles. The number of halogens is 3. The fraction of sp³-hybridized carbons (Fsp3) is 0.357. The van der Waals surface area contributed by atoms with Crippen LogP contribution >= 0.6 is 0 Å². The molecule has 1 aromatic carbocycles. The molecule has 5 rings (SSSR count). The van der Waals surface area contributed by atoms with Gasteiger partial charge in [0.05, 0.1) is 23.8 Å². The van der Waals surface area contributed by atoms with Crippen molar-refractivity contribution >= 4 is 23.5 Å². The normalized spacial score (nSPS) is 20.8. The summed E-state index contributed by atoms with van der Waals surface area (Å²) < 4.78 is 50.9. The number of rotatable bonds is 7. The van der Waals surface area contributed by atoms with Crippen molar-refractivity contribution in [2.75, 3.05) is 30.1 Å². The molecule has 8 nitrogen and oxygen atoms in total. The van der Waals surface area contributed by atoms with Gasteiger partial charge in [0, 0.05) is 48.2 Å². The molecule has 0 aliphatic carbocycles. The summed E-state index contributed by atoms with van der Waals surface area (Å²) in [5, 5.41) is 9.15. The number of hydrazone groups is 1. The predicted octanol–water partition coefficient (Wildman–Crippen LogP) is 5.38. The zero-order chi connectivity index (χ0) is 27.6. The number of anilines is 2. The minimum absolute atomic E-state index is 0.0837. The summed E-state index contributed by atoms with van der Waals surface area (Å²) in [6.45, 7) is 5.69. The Hall–Kier alpha value is -3.99. The van der Waals surface area contributed by atoms with Gasteiger partial charge < -0.3 is 14.8 Å². The first-order valence-electron chi connectivity index (χ1n) is 12.6. The fourth-order valence-electron chi connectivity index (χ4n) is 4.68. The van der Waals surface area contributed by atoms with Crippen LogP contribution in [0.15, 0.2) is 60.1 Å². The lowest BCUT2D eigenvalue weighted by Crippen LogP contribution is -2.32. The van der Waals surface area contributed by atoms with E-state index in [9.17, 15) is 18.0 Å². The predicted molar refractivity (Wildman–Crippen MR) is 140 cm³/mol. The Bertz CT molecular complexity index is 1390. The zero-order valence-corrected chi connectivity index (χ0v) is 21.5. The summed E-state index contributed by atoms with van der Waals surface area (Å²) in [6.07, 6.45) is 3.75. The van der Waals surface area contributed by atoms with Crippen molar-refractivity contribution in [3.05, 3.63) is 77.4 Å². The van der Waals surface area contributed by atoms with Crippen LogP contribution in [0, 0.1) is 6.92 Å². The van der Waals surface area contributed by atoms with Gasteiger partial charge in [0.2, 0.25) is 0 Å². The summed E-state index contributed by atoms with van der Waals surface area (Å²) in [7, 11) is 0. The number of hydrogen-bond acceptors (Lipinski definition) is 7. The number of carbonyl (C=O) groups is 1. The molecular formula is C28H28F3N5O3. The Labute approximate surface area is 223 Å². The van der Waals surface area contributed by atoms with E-state index >= 15 is 0 Å². The monoisotopic (exact) mass is 539 g/mol. The van der Waals surface area contributed by atoms with Crippen molar-refractivity contribution in [1.82, 2.24) is 9.97 Å². The largest absolute Gasteiger partial charge is 0.490 e. The molecule has 1 saturated heterocycles. The van der Waals surface area contributed by atoms with Crippen LogP contribution in [0.1, 0.15) is 46.9 Å². The molecule has 2 unspecified atom stereocenters. The number of aromatic nitrogens is 2. The van der Waals surface area contributed by atoms with Gasteiger partial charge in [0.15, 0.2) is 0 Å². The Morgan fingerprint density at radius 3 is 2.85 bits per heavy atom. The maximum absolute atomic E-state index is 13.0. The molecule has 4 heterocycles. The highest BCUT2D eigenvalue weighted by Crippen LogP contribution is 2.37. The minimum Gasteiger partial charge on any atom is -0.490 e. The second kappa shape index (κ2) is 10.6. The summed E-state index contributed by atoms with van der Waals surface area (Å²) in [4.78, 5) is 20.3. The third kappa shape index (κ3) is 5.88. The van der Waals surface area contributed by atoms with Gasteiger partial charge >= 0.3 is 6.18 Å². The van der Waals surface area contributed by atoms with Crippen molar-refractivity contribution in [1.29, 1.82) is 0 Å². The number of alkyl halides is 3. The van der Waals surface area contributed by atoms with Crippen molar-refractivity contribution in [2.24, 2.45) is 5.10 Å². The minimum atomic E-state index is -4.64. The number of nitrogens with zero attached hydrogens (tertiary/aromatic N) is 4. The molecule has 3 aromatic rings. The van der Waals surface area contributed by atoms with Gasteiger partial charge in [-0.15, -0.1) is 0 Å². The summed E-state index contributed by atoms with van der Waals surface area (Å²) in [6, 6.07) is 9.08. The highest BCUT2D eigenvalue weighted by atomic mass is 19.4. The number of carbonyl (C=O) groups excluding carboxylic acids is 1. The van der Waals surface area contributed by atoms with Crippen LogP contribution in [0.3, 0.4) is 0 Å². The molecule has 2 aliphatic rings. The number of aryl methyl sites for hydroxylation is 1. The van der Waals surface area contributed by atoms with Gasteiger partial charge in [-0.25, -0.2) is 0 Å². The van der Waals surface area contributed by atoms with Gasteiger partial charge in [-0.05, 0) is 62.6 Å². The average molecular weight is 540 g/mol. The average Bonchev–Trinajstić information content (AvgIpc) is 3.59. The Kier molecular flexibility index (Phi) is 7.26. The van der Waals surface area contributed by atoms with Gasteiger partial charge in [0.1, 0.15) is 18.1 Å². The van der Waals surface area contributed by atoms with E-state index in [0.29, 0.717) is 18.8 Å². The Morgan fingerprint density at radius 2 is 2.08 bits per heavy atom. The first kappa shape index (κ1) is 26.6. The van der Waals surface area contributed by atoms with Crippen molar-refractivity contribution in [3.8, 4) is 5.75 Å². The van der Waals surface area contributed by atoms with E-state index in [2.05, 4.69) is 27.3 Å². The number of ether oxygens (including phenoxy) is 2. The lowest BCUT2D eigenvalue weighted by molar-refractivity contribution is -0.141. The first-order valence-corrected chi connectivity index (χ1v) is 12.6. The number of hydrogen-bond donors (Lipinski definition) is 1. The van der Waals surface area contributed by atoms with Gasteiger partial charge in [-0.2, -0.15) is 18.3 Å². The molecule has 2 atom stereocenters. The van der Waals surface area contributed by atoms with Crippen molar-refractivity contribution in [2.45, 2.75) is 44.4 Å². The fourth-order valence-corrected chi connectivity index (χ4v) is 4.68. The van der Waals surface area contributed by atoms with Crippen LogP contribution in [-0.4, -0.2) is 48.0 Å². The molecule has 0 spiro atoms. The number of nitrogens with one attached hydrogen (secondary N) is 1. The van der Waals surface area contributed by atoms with Crippen LogP contribution in [-0.2, 0) is 16.3 Å². The molecule has 39 heavy (non-hydrogen) atoms. The molecule has 0 radical (unpaired) electrons. The van der Waals surface area contributed by atoms with Gasteiger partial charge in [-0.1, -0.05) is 6.07 Å². The number of amides is 1. The van der Waals surface area contributed by atoms with E-state index in [1.165, 1.54) is 6.07 Å². The van der Waals surface area contributed by atoms with Crippen LogP contribution in [0.25, 0.3) is 0 Å². The van der Waals surface area contributed by atoms with E-state index in [0.717, 1.165) is 54.3 Å². The summed E-state index contributed by atoms with van der Waals surface area (Å²) in [5.41, 5.74) is 1.23. The van der Waals surface area contributed by atoms with Crippen molar-refractivity contribution in [3.63, 3.8) is 0 Å². The highest BCUT2D eigenvalue weighted by Gasteiger charge is 2.36. The standard InChI is InChI=1S/C28H28F3N5O3/c1-18-5-6-20(35-26(37)19-7-10-33-25(12-19)28(29,30)31)13-23(18)36-17-27(2,16-34-36)22-14-32-9-8-24(22)39-15-21-4-3-11-38-21/h5-10,12-14,16,21H,3-4,11,15,17H2,1-2H3,(H,35,37). The molecule has 1 fully saturated rings. The quantitative estimate of drug-likeness (QED) is 0.434. The van der Waals surface area contributed by atoms with E-state index in [1.54, 1.807) is 24.5 Å². The molecule has 1 N–H and O–H groups in total. The molecular weight excluding hydrogens is 511 g/mol. The smallest absolute Gasteiger partial charge is 0.433 e. The Morgan fingerprint density at radius 1 is 1.23 bits per heavy atom. The van der Waals surface area contributed by atoms with Crippen LogP contribution in [0.2, 0.25) is 0 Å². The highest BCUT2D eigenvalue weighted by molar-refractivity contribution is 6.04. The SMILES string of the molecule is Cc1ccc(NC(=O)c2ccnc(C(F)(F)F)c2)cc1N1CC(C)(c2cnccc2OCC2CCCO2)C=N1. The second-order valence-corrected chi connectivity index (χ2v) is 9.92. The van der Waals surface area contributed by atoms with E-state index in [1.807, 2.05) is 30.3 Å². The third-order valence-electron chi connectivity index (χ3n) is 6.86. The van der Waals surface area contributed by atoms with E-state index < -0.39 is 23.2 Å². The topological polar surface area (TPSA) is 88.9 Å². The maximum atomic E-state index is 13.0. The third-order valence-corrected chi connectivity index (χ3v) is 6.86. The lowest BCUT2D eigenvalue weighted by Gasteiger charge is -2.27. The zero-order valence-electron chi connectivity index (χ0n) is 21.5. The maximum Gasteiger partial charge on any atom is 0.433 e. The molecule has 1 amide bonds. The summed E-state index contributed by atoms with van der Waals surface area (Å²) >= 11 is 0. The van der Waals surface area contributed by atoms with Crippen LogP contribution in [0.5, 0.6) is 5.75 Å². The first-order chi connectivity index (χ1) is 18.6. The van der Waals surface area contributed by atoms with Gasteiger partial charge in [0.25, 0.3) is 5.91 Å². The molecule has 2 aliphatic heterocycles. The van der Waals surface area contributed by atoms with Crippen LogP contribution in [0.4, 0.5) is 24.5 Å². The second-order valence-electron chi connectivity index (χ2n) is 9.92. The summed E-state index contributed by atoms with van der Waals surface area (Å²) in [5.74, 6) is 0.0560. The van der Waals surface area contributed by atoms with Crippen LogP contribution < -0.4 is 15.1 Å². The van der Waals surface area contributed by atoms with Crippen molar-refractivity contribution < 1.29 is 27.4 Å². The Balaban J connectivity index is 1.32. The number of benzene rings is 1.